The van der Waals surface area contributed by atoms with E-state index in [0.717, 1.165) is 30.8 Å². The molecule has 4 nitrogen and oxygen atoms in total. The molecule has 0 radical (unpaired) electrons. The van der Waals surface area contributed by atoms with E-state index >= 15 is 0 Å². The fourth-order valence-electron chi connectivity index (χ4n) is 4.90. The summed E-state index contributed by atoms with van der Waals surface area (Å²) in [5, 5.41) is 0. The summed E-state index contributed by atoms with van der Waals surface area (Å²) in [6, 6.07) is 14.7. The van der Waals surface area contributed by atoms with E-state index in [4.69, 9.17) is 14.2 Å². The zero-order chi connectivity index (χ0) is 19.1. The molecule has 0 saturated carbocycles. The van der Waals surface area contributed by atoms with Crippen molar-refractivity contribution in [2.75, 3.05) is 7.11 Å². The fraction of sp³-hybridized carbons (Fsp3) is 0.375. The number of aryl methyl sites for hydroxylation is 1. The Morgan fingerprint density at radius 2 is 2.18 bits per heavy atom. The molecular formula is C24H22O4. The normalized spacial score (nSPS) is 26.9. The number of rotatable bonds is 3. The van der Waals surface area contributed by atoms with Crippen molar-refractivity contribution in [2.24, 2.45) is 0 Å². The van der Waals surface area contributed by atoms with Gasteiger partial charge in [0.25, 0.3) is 0 Å². The van der Waals surface area contributed by atoms with Gasteiger partial charge in [-0.05, 0) is 49.1 Å². The molecule has 0 fully saturated rings. The molecule has 0 bridgehead atoms. The number of methoxy groups -OCH3 is 1. The summed E-state index contributed by atoms with van der Waals surface area (Å²) in [4.78, 5) is 12.4. The molecule has 1 heterocycles. The quantitative estimate of drug-likeness (QED) is 0.596. The highest BCUT2D eigenvalue weighted by Gasteiger charge is 2.52. The Morgan fingerprint density at radius 1 is 1.25 bits per heavy atom. The van der Waals surface area contributed by atoms with Gasteiger partial charge in [0.15, 0.2) is 11.5 Å². The number of hydrogen-bond acceptors (Lipinski definition) is 4. The Labute approximate surface area is 165 Å². The lowest BCUT2D eigenvalue weighted by atomic mass is 9.69. The van der Waals surface area contributed by atoms with E-state index in [1.165, 1.54) is 17.5 Å². The van der Waals surface area contributed by atoms with E-state index in [1.807, 2.05) is 12.1 Å². The van der Waals surface area contributed by atoms with Crippen LogP contribution >= 0.6 is 0 Å². The van der Waals surface area contributed by atoms with E-state index in [0.29, 0.717) is 12.0 Å². The maximum atomic E-state index is 12.4. The lowest BCUT2D eigenvalue weighted by Crippen LogP contribution is -2.42. The second kappa shape index (κ2) is 6.60. The molecule has 5 rings (SSSR count). The van der Waals surface area contributed by atoms with Gasteiger partial charge < -0.3 is 14.2 Å². The van der Waals surface area contributed by atoms with Gasteiger partial charge in [-0.3, -0.25) is 0 Å². The topological polar surface area (TPSA) is 44.8 Å². The number of benzene rings is 1. The Hall–Kier alpha value is -2.93. The molecule has 2 aromatic rings. The molecule has 1 spiro atoms. The summed E-state index contributed by atoms with van der Waals surface area (Å²) < 4.78 is 17.8. The Balaban J connectivity index is 1.47. The van der Waals surface area contributed by atoms with Crippen LogP contribution in [0.1, 0.15) is 47.2 Å². The first-order chi connectivity index (χ1) is 13.7. The second-order valence-electron chi connectivity index (χ2n) is 7.75. The maximum absolute atomic E-state index is 12.4. The van der Waals surface area contributed by atoms with Crippen LogP contribution in [0.4, 0.5) is 0 Å². The van der Waals surface area contributed by atoms with Crippen LogP contribution in [0.25, 0.3) is 0 Å². The van der Waals surface area contributed by atoms with Crippen molar-refractivity contribution in [3.05, 3.63) is 71.3 Å². The average Bonchev–Trinajstić information content (AvgIpc) is 2.94. The predicted octanol–water partition coefficient (Wildman–Crippen LogP) is 4.21. The number of esters is 1. The lowest BCUT2D eigenvalue weighted by molar-refractivity contribution is 0.0220. The number of hydrogen-bond donors (Lipinski definition) is 0. The van der Waals surface area contributed by atoms with Crippen LogP contribution in [0, 0.1) is 12.1 Å². The minimum absolute atomic E-state index is 0.0471. The minimum Gasteiger partial charge on any atom is -0.493 e. The van der Waals surface area contributed by atoms with Gasteiger partial charge >= 0.3 is 5.97 Å². The summed E-state index contributed by atoms with van der Waals surface area (Å²) in [5.41, 5.74) is 2.98. The zero-order valence-corrected chi connectivity index (χ0v) is 15.9. The molecule has 142 valence electrons. The minimum atomic E-state index is -0.342. The Kier molecular flexibility index (Phi) is 4.05. The average molecular weight is 374 g/mol. The Bertz CT molecular complexity index is 933. The second-order valence-corrected chi connectivity index (χ2v) is 7.75. The number of carbonyl (C=O) groups is 1. The Morgan fingerprint density at radius 3 is 3.00 bits per heavy atom. The largest absolute Gasteiger partial charge is 0.493 e. The summed E-state index contributed by atoms with van der Waals surface area (Å²) in [5.74, 6) is 1.31. The van der Waals surface area contributed by atoms with Gasteiger partial charge in [-0.2, -0.15) is 0 Å². The third kappa shape index (κ3) is 2.57. The molecule has 1 aliphatic heterocycles. The molecule has 2 aromatic carbocycles. The van der Waals surface area contributed by atoms with E-state index < -0.39 is 0 Å². The van der Waals surface area contributed by atoms with Gasteiger partial charge in [-0.1, -0.05) is 30.7 Å². The third-order valence-electron chi connectivity index (χ3n) is 6.22. The monoisotopic (exact) mass is 374 g/mol. The van der Waals surface area contributed by atoms with E-state index in [9.17, 15) is 4.79 Å². The van der Waals surface area contributed by atoms with Crippen molar-refractivity contribution in [2.45, 2.75) is 49.7 Å². The molecular weight excluding hydrogens is 352 g/mol. The highest BCUT2D eigenvalue weighted by atomic mass is 16.6. The van der Waals surface area contributed by atoms with Gasteiger partial charge in [0.2, 0.25) is 0 Å². The molecule has 0 saturated heterocycles. The summed E-state index contributed by atoms with van der Waals surface area (Å²) in [7, 11) is 1.68. The molecule has 3 aliphatic rings. The van der Waals surface area contributed by atoms with Crippen LogP contribution in [0.15, 0.2) is 42.5 Å². The maximum Gasteiger partial charge on any atom is 0.339 e. The van der Waals surface area contributed by atoms with Crippen LogP contribution in [0.3, 0.4) is 0 Å². The first-order valence-electron chi connectivity index (χ1n) is 9.86. The molecule has 4 heteroatoms. The van der Waals surface area contributed by atoms with Crippen molar-refractivity contribution in [1.29, 1.82) is 0 Å². The van der Waals surface area contributed by atoms with Crippen molar-refractivity contribution in [3.8, 4) is 11.5 Å². The first-order valence-corrected chi connectivity index (χ1v) is 9.86. The van der Waals surface area contributed by atoms with Crippen molar-refractivity contribution in [1.82, 2.24) is 0 Å². The predicted molar refractivity (Wildman–Crippen MR) is 104 cm³/mol. The molecule has 3 atom stereocenters. The summed E-state index contributed by atoms with van der Waals surface area (Å²) in [6.45, 7) is 0. The van der Waals surface area contributed by atoms with Gasteiger partial charge in [0.1, 0.15) is 12.2 Å². The van der Waals surface area contributed by atoms with Gasteiger partial charge in [0.05, 0.1) is 18.1 Å². The van der Waals surface area contributed by atoms with Crippen molar-refractivity contribution in [3.63, 3.8) is 0 Å². The third-order valence-corrected chi connectivity index (χ3v) is 6.22. The standard InChI is InChI=1S/C24H22O4/c1-26-19-11-10-16-7-5-6-13-24-14-12-18(15-20(24)28-22(19)21(16)24)27-23(25)17-8-3-2-4-9-17/h3,8-12,14,18,20H,5-7,13,15H2,1H3/t18-,20?,24+/m0/s1. The van der Waals surface area contributed by atoms with Gasteiger partial charge in [0, 0.05) is 18.1 Å². The number of carbonyl (C=O) groups excluding carboxylic acids is 1. The summed E-state index contributed by atoms with van der Waals surface area (Å²) >= 11 is 0. The van der Waals surface area contributed by atoms with E-state index in [1.54, 1.807) is 25.3 Å². The SMILES string of the molecule is COc1ccc2c3c1OC1C[C@@H](OC(=O)c4cc#ccc4)C=C[C@@]31CCCC2. The summed E-state index contributed by atoms with van der Waals surface area (Å²) in [6.07, 6.45) is 9.01. The molecule has 0 N–H and O–H groups in total. The zero-order valence-electron chi connectivity index (χ0n) is 15.9. The van der Waals surface area contributed by atoms with Crippen LogP contribution in [0.2, 0.25) is 0 Å². The van der Waals surface area contributed by atoms with Crippen LogP contribution in [0.5, 0.6) is 11.5 Å². The van der Waals surface area contributed by atoms with Crippen molar-refractivity contribution < 1.29 is 19.0 Å². The highest BCUT2D eigenvalue weighted by Crippen LogP contribution is 2.56. The van der Waals surface area contributed by atoms with Gasteiger partial charge in [-0.15, -0.1) is 0 Å². The van der Waals surface area contributed by atoms with Gasteiger partial charge in [-0.25, -0.2) is 4.79 Å². The van der Waals surface area contributed by atoms with Crippen molar-refractivity contribution >= 4 is 5.97 Å². The lowest BCUT2D eigenvalue weighted by Gasteiger charge is -2.36. The smallest absolute Gasteiger partial charge is 0.339 e. The van der Waals surface area contributed by atoms with Crippen LogP contribution < -0.4 is 9.47 Å². The molecule has 2 aliphatic carbocycles. The fourth-order valence-corrected chi connectivity index (χ4v) is 4.90. The number of ether oxygens (including phenoxy) is 3. The van der Waals surface area contributed by atoms with Crippen LogP contribution in [-0.2, 0) is 16.6 Å². The highest BCUT2D eigenvalue weighted by molar-refractivity contribution is 5.89. The molecule has 0 amide bonds. The first kappa shape index (κ1) is 17.2. The molecule has 0 aromatic heterocycles. The molecule has 28 heavy (non-hydrogen) atoms. The van der Waals surface area contributed by atoms with E-state index in [-0.39, 0.29) is 23.6 Å². The molecule has 1 unspecified atom stereocenters. The van der Waals surface area contributed by atoms with E-state index in [2.05, 4.69) is 24.3 Å². The van der Waals surface area contributed by atoms with Crippen LogP contribution in [-0.4, -0.2) is 25.3 Å².